The minimum atomic E-state index is 0.236. The van der Waals surface area contributed by atoms with Crippen molar-refractivity contribution in [2.24, 2.45) is 0 Å². The number of nitrogen functional groups attached to an aromatic ring is 1. The SMILES string of the molecule is N=c1ccc(Cl)cn1N. The smallest absolute Gasteiger partial charge is 0.143 e. The molecule has 4 heteroatoms. The van der Waals surface area contributed by atoms with Crippen LogP contribution in [0.5, 0.6) is 0 Å². The maximum absolute atomic E-state index is 7.10. The Morgan fingerprint density at radius 1 is 1.56 bits per heavy atom. The van der Waals surface area contributed by atoms with E-state index in [-0.39, 0.29) is 5.49 Å². The fourth-order valence-electron chi connectivity index (χ4n) is 0.490. The quantitative estimate of drug-likeness (QED) is 0.506. The molecule has 0 aliphatic rings. The van der Waals surface area contributed by atoms with E-state index in [1.807, 2.05) is 0 Å². The topological polar surface area (TPSA) is 54.8 Å². The first-order valence-electron chi connectivity index (χ1n) is 2.38. The van der Waals surface area contributed by atoms with Crippen molar-refractivity contribution in [2.75, 3.05) is 5.84 Å². The van der Waals surface area contributed by atoms with Gasteiger partial charge in [-0.25, -0.2) is 0 Å². The van der Waals surface area contributed by atoms with Crippen LogP contribution in [0.3, 0.4) is 0 Å². The van der Waals surface area contributed by atoms with Crippen LogP contribution in [-0.2, 0) is 0 Å². The summed E-state index contributed by atoms with van der Waals surface area (Å²) in [6, 6.07) is 3.15. The maximum atomic E-state index is 7.10. The third kappa shape index (κ3) is 1.23. The molecule has 0 aliphatic carbocycles. The lowest BCUT2D eigenvalue weighted by molar-refractivity contribution is 0.881. The molecular weight excluding hydrogens is 138 g/mol. The summed E-state index contributed by atoms with van der Waals surface area (Å²) < 4.78 is 1.16. The lowest BCUT2D eigenvalue weighted by Gasteiger charge is -1.96. The highest BCUT2D eigenvalue weighted by atomic mass is 35.5. The Bertz CT molecular complexity index is 265. The Labute approximate surface area is 57.2 Å². The lowest BCUT2D eigenvalue weighted by Crippen LogP contribution is -2.25. The Kier molecular flexibility index (Phi) is 1.44. The van der Waals surface area contributed by atoms with Gasteiger partial charge in [-0.05, 0) is 12.1 Å². The number of nitrogens with two attached hydrogens (primary N) is 1. The second kappa shape index (κ2) is 2.11. The minimum absolute atomic E-state index is 0.236. The van der Waals surface area contributed by atoms with E-state index in [1.54, 1.807) is 6.07 Å². The third-order valence-corrected chi connectivity index (χ3v) is 1.16. The van der Waals surface area contributed by atoms with E-state index in [1.165, 1.54) is 12.3 Å². The van der Waals surface area contributed by atoms with Crippen LogP contribution in [0.2, 0.25) is 5.02 Å². The molecule has 9 heavy (non-hydrogen) atoms. The van der Waals surface area contributed by atoms with Gasteiger partial charge in [0.2, 0.25) is 0 Å². The highest BCUT2D eigenvalue weighted by Gasteiger charge is 1.85. The van der Waals surface area contributed by atoms with Crippen molar-refractivity contribution in [1.82, 2.24) is 4.68 Å². The standard InChI is InChI=1S/C5H6ClN3/c6-4-1-2-5(7)9(8)3-4/h1-3,7H,8H2. The third-order valence-electron chi connectivity index (χ3n) is 0.941. The van der Waals surface area contributed by atoms with Crippen molar-refractivity contribution >= 4 is 11.6 Å². The second-order valence-electron chi connectivity index (χ2n) is 1.64. The van der Waals surface area contributed by atoms with Gasteiger partial charge in [0.1, 0.15) is 5.49 Å². The van der Waals surface area contributed by atoms with Crippen molar-refractivity contribution in [3.63, 3.8) is 0 Å². The number of rotatable bonds is 0. The largest absolute Gasteiger partial charge is 0.338 e. The molecule has 48 valence electrons. The molecule has 0 unspecified atom stereocenters. The van der Waals surface area contributed by atoms with Gasteiger partial charge in [0.05, 0.1) is 5.02 Å². The van der Waals surface area contributed by atoms with Gasteiger partial charge in [-0.2, -0.15) is 0 Å². The molecule has 0 fully saturated rings. The van der Waals surface area contributed by atoms with Gasteiger partial charge in [0.15, 0.2) is 0 Å². The van der Waals surface area contributed by atoms with E-state index in [9.17, 15) is 0 Å². The molecule has 1 aromatic heterocycles. The average molecular weight is 144 g/mol. The fourth-order valence-corrected chi connectivity index (χ4v) is 0.658. The molecule has 0 radical (unpaired) electrons. The number of aromatic nitrogens is 1. The van der Waals surface area contributed by atoms with Crippen LogP contribution in [-0.4, -0.2) is 4.68 Å². The van der Waals surface area contributed by atoms with Crippen molar-refractivity contribution in [1.29, 1.82) is 5.41 Å². The summed E-state index contributed by atoms with van der Waals surface area (Å²) in [6.45, 7) is 0. The van der Waals surface area contributed by atoms with Crippen LogP contribution in [0.25, 0.3) is 0 Å². The van der Waals surface area contributed by atoms with Gasteiger partial charge >= 0.3 is 0 Å². The summed E-state index contributed by atoms with van der Waals surface area (Å²) in [5.74, 6) is 5.27. The first-order chi connectivity index (χ1) is 4.20. The Morgan fingerprint density at radius 3 is 2.67 bits per heavy atom. The molecular formula is C5H6ClN3. The average Bonchev–Trinajstić information content (AvgIpc) is 1.80. The zero-order chi connectivity index (χ0) is 6.85. The highest BCUT2D eigenvalue weighted by Crippen LogP contribution is 2.00. The first-order valence-corrected chi connectivity index (χ1v) is 2.76. The number of nitrogens with zero attached hydrogens (tertiary/aromatic N) is 1. The summed E-state index contributed by atoms with van der Waals surface area (Å²) in [4.78, 5) is 0. The molecule has 0 atom stereocenters. The summed E-state index contributed by atoms with van der Waals surface area (Å²) in [7, 11) is 0. The summed E-state index contributed by atoms with van der Waals surface area (Å²) >= 11 is 5.53. The van der Waals surface area contributed by atoms with Crippen LogP contribution in [0.15, 0.2) is 18.3 Å². The van der Waals surface area contributed by atoms with Gasteiger partial charge < -0.3 is 5.84 Å². The number of nitrogens with one attached hydrogen (secondary N) is 1. The van der Waals surface area contributed by atoms with Crippen LogP contribution in [0.1, 0.15) is 0 Å². The normalized spacial score (nSPS) is 9.44. The van der Waals surface area contributed by atoms with Crippen molar-refractivity contribution in [2.45, 2.75) is 0 Å². The molecule has 1 aromatic rings. The van der Waals surface area contributed by atoms with Crippen molar-refractivity contribution in [3.8, 4) is 0 Å². The number of halogens is 1. The molecule has 0 saturated carbocycles. The lowest BCUT2D eigenvalue weighted by atomic mass is 10.5. The molecule has 3 N–H and O–H groups in total. The predicted molar refractivity (Wildman–Crippen MR) is 35.4 cm³/mol. The molecule has 0 amide bonds. The monoisotopic (exact) mass is 143 g/mol. The second-order valence-corrected chi connectivity index (χ2v) is 2.08. The molecule has 0 aromatic carbocycles. The molecule has 0 saturated heterocycles. The number of hydrogen-bond acceptors (Lipinski definition) is 2. The molecule has 3 nitrogen and oxygen atoms in total. The zero-order valence-electron chi connectivity index (χ0n) is 4.63. The predicted octanol–water partition coefficient (Wildman–Crippen LogP) is 0.335. The van der Waals surface area contributed by atoms with Crippen LogP contribution in [0.4, 0.5) is 0 Å². The van der Waals surface area contributed by atoms with E-state index in [0.29, 0.717) is 5.02 Å². The van der Waals surface area contributed by atoms with Crippen LogP contribution >= 0.6 is 11.6 Å². The van der Waals surface area contributed by atoms with Gasteiger partial charge in [-0.1, -0.05) is 11.6 Å². The Hall–Kier alpha value is -0.960. The summed E-state index contributed by atoms with van der Waals surface area (Å²) in [5.41, 5.74) is 0.236. The van der Waals surface area contributed by atoms with E-state index < -0.39 is 0 Å². The number of hydrogen-bond donors (Lipinski definition) is 2. The Morgan fingerprint density at radius 2 is 2.22 bits per heavy atom. The summed E-state index contributed by atoms with van der Waals surface area (Å²) in [6.07, 6.45) is 1.48. The van der Waals surface area contributed by atoms with Crippen molar-refractivity contribution in [3.05, 3.63) is 28.8 Å². The first kappa shape index (κ1) is 6.16. The zero-order valence-corrected chi connectivity index (χ0v) is 5.39. The molecule has 0 bridgehead atoms. The van der Waals surface area contributed by atoms with Crippen LogP contribution in [0, 0.1) is 5.41 Å². The van der Waals surface area contributed by atoms with E-state index in [4.69, 9.17) is 22.9 Å². The minimum Gasteiger partial charge on any atom is -0.338 e. The van der Waals surface area contributed by atoms with Crippen molar-refractivity contribution < 1.29 is 0 Å². The molecule has 1 heterocycles. The van der Waals surface area contributed by atoms with Gasteiger partial charge in [-0.15, -0.1) is 0 Å². The van der Waals surface area contributed by atoms with Crippen LogP contribution < -0.4 is 11.3 Å². The van der Waals surface area contributed by atoms with E-state index in [2.05, 4.69) is 0 Å². The molecule has 0 spiro atoms. The highest BCUT2D eigenvalue weighted by molar-refractivity contribution is 6.30. The van der Waals surface area contributed by atoms with Gasteiger partial charge in [-0.3, -0.25) is 10.1 Å². The molecule has 1 rings (SSSR count). The maximum Gasteiger partial charge on any atom is 0.143 e. The van der Waals surface area contributed by atoms with E-state index in [0.717, 1.165) is 4.68 Å². The Balaban J connectivity index is 3.34. The molecule has 0 aliphatic heterocycles. The van der Waals surface area contributed by atoms with E-state index >= 15 is 0 Å². The van der Waals surface area contributed by atoms with Gasteiger partial charge in [0, 0.05) is 6.20 Å². The number of pyridine rings is 1. The van der Waals surface area contributed by atoms with Gasteiger partial charge in [0.25, 0.3) is 0 Å². The fraction of sp³-hybridized carbons (Fsp3) is 0. The summed E-state index contributed by atoms with van der Waals surface area (Å²) in [5, 5.41) is 7.63.